The van der Waals surface area contributed by atoms with E-state index in [1.165, 1.54) is 12.1 Å². The van der Waals surface area contributed by atoms with E-state index in [2.05, 4.69) is 6.92 Å². The Morgan fingerprint density at radius 1 is 1.15 bits per heavy atom. The fourth-order valence-corrected chi connectivity index (χ4v) is 2.02. The van der Waals surface area contributed by atoms with E-state index in [4.69, 9.17) is 4.74 Å². The van der Waals surface area contributed by atoms with Gasteiger partial charge in [-0.3, -0.25) is 0 Å². The molecular weight excluding hydrogens is 256 g/mol. The minimum absolute atomic E-state index is 0.0569. The highest BCUT2D eigenvalue weighted by atomic mass is 16.5. The van der Waals surface area contributed by atoms with Crippen LogP contribution in [0.25, 0.3) is 0 Å². The first kappa shape index (κ1) is 16.2. The number of carbonyl (C=O) groups is 2. The lowest BCUT2D eigenvalue weighted by molar-refractivity contribution is -0.255. The van der Waals surface area contributed by atoms with Crippen molar-refractivity contribution in [3.63, 3.8) is 0 Å². The highest BCUT2D eigenvalue weighted by Gasteiger charge is 2.17. The number of aromatic carboxylic acids is 1. The fraction of sp³-hybridized carbons (Fsp3) is 0.500. The van der Waals surface area contributed by atoms with Gasteiger partial charge in [0, 0.05) is 5.56 Å². The Morgan fingerprint density at radius 2 is 1.80 bits per heavy atom. The van der Waals surface area contributed by atoms with Crippen LogP contribution in [0.1, 0.15) is 66.7 Å². The molecule has 0 radical (unpaired) electrons. The first-order valence-electron chi connectivity index (χ1n) is 7.11. The maximum absolute atomic E-state index is 12.1. The summed E-state index contributed by atoms with van der Waals surface area (Å²) >= 11 is 0. The summed E-state index contributed by atoms with van der Waals surface area (Å²) in [7, 11) is 0. The largest absolute Gasteiger partial charge is 0.545 e. The lowest BCUT2D eigenvalue weighted by Crippen LogP contribution is -2.26. The van der Waals surface area contributed by atoms with Crippen molar-refractivity contribution in [3.8, 4) is 0 Å². The van der Waals surface area contributed by atoms with Gasteiger partial charge >= 0.3 is 5.97 Å². The molecule has 1 aromatic rings. The topological polar surface area (TPSA) is 66.4 Å². The maximum atomic E-state index is 12.1. The van der Waals surface area contributed by atoms with Gasteiger partial charge in [0.15, 0.2) is 0 Å². The minimum Gasteiger partial charge on any atom is -0.545 e. The molecule has 4 heteroatoms. The van der Waals surface area contributed by atoms with Crippen molar-refractivity contribution < 1.29 is 19.4 Å². The van der Waals surface area contributed by atoms with Gasteiger partial charge in [0.25, 0.3) is 0 Å². The van der Waals surface area contributed by atoms with Gasteiger partial charge in [-0.15, -0.1) is 0 Å². The summed E-state index contributed by atoms with van der Waals surface area (Å²) in [5, 5.41) is 11.0. The summed E-state index contributed by atoms with van der Waals surface area (Å²) in [6, 6.07) is 5.97. The van der Waals surface area contributed by atoms with Crippen molar-refractivity contribution in [2.24, 2.45) is 0 Å². The van der Waals surface area contributed by atoms with Gasteiger partial charge in [0.05, 0.1) is 11.5 Å². The van der Waals surface area contributed by atoms with Gasteiger partial charge < -0.3 is 14.6 Å². The number of carboxylic acids is 1. The number of carbonyl (C=O) groups excluding carboxylic acids is 2. The molecule has 20 heavy (non-hydrogen) atoms. The van der Waals surface area contributed by atoms with Gasteiger partial charge in [0.1, 0.15) is 6.10 Å². The van der Waals surface area contributed by atoms with Crippen LogP contribution < -0.4 is 5.11 Å². The van der Waals surface area contributed by atoms with E-state index in [1.807, 2.05) is 6.92 Å². The maximum Gasteiger partial charge on any atom is 0.339 e. The van der Waals surface area contributed by atoms with Gasteiger partial charge in [-0.05, 0) is 25.3 Å². The summed E-state index contributed by atoms with van der Waals surface area (Å²) in [6.07, 6.45) is 4.59. The van der Waals surface area contributed by atoms with Gasteiger partial charge in [0.2, 0.25) is 0 Å². The van der Waals surface area contributed by atoms with Crippen LogP contribution in [-0.2, 0) is 4.74 Å². The van der Waals surface area contributed by atoms with Crippen LogP contribution in [0.5, 0.6) is 0 Å². The smallest absolute Gasteiger partial charge is 0.339 e. The van der Waals surface area contributed by atoms with E-state index < -0.39 is 11.9 Å². The highest BCUT2D eigenvalue weighted by molar-refractivity contribution is 6.01. The Kier molecular flexibility index (Phi) is 6.77. The van der Waals surface area contributed by atoms with Crippen LogP contribution in [-0.4, -0.2) is 18.0 Å². The summed E-state index contributed by atoms with van der Waals surface area (Å²) in [5.41, 5.74) is -0.0673. The first-order chi connectivity index (χ1) is 9.60. The summed E-state index contributed by atoms with van der Waals surface area (Å²) < 4.78 is 5.39. The molecule has 1 aromatic carbocycles. The first-order valence-corrected chi connectivity index (χ1v) is 7.11. The molecule has 1 atom stereocenters. The molecule has 1 rings (SSSR count). The third-order valence-electron chi connectivity index (χ3n) is 3.23. The van der Waals surface area contributed by atoms with Crippen molar-refractivity contribution >= 4 is 11.9 Å². The quantitative estimate of drug-likeness (QED) is 0.541. The second-order valence-electron chi connectivity index (χ2n) is 4.76. The molecule has 110 valence electrons. The lowest BCUT2D eigenvalue weighted by atomic mass is 10.1. The molecule has 0 spiro atoms. The van der Waals surface area contributed by atoms with Crippen LogP contribution in [0.4, 0.5) is 0 Å². The van der Waals surface area contributed by atoms with Crippen molar-refractivity contribution in [3.05, 3.63) is 35.4 Å². The van der Waals surface area contributed by atoms with E-state index in [0.717, 1.165) is 32.1 Å². The predicted octanol–water partition coefficient (Wildman–Crippen LogP) is 2.57. The third kappa shape index (κ3) is 4.68. The molecule has 0 aliphatic carbocycles. The van der Waals surface area contributed by atoms with Gasteiger partial charge in [-0.25, -0.2) is 4.79 Å². The highest BCUT2D eigenvalue weighted by Crippen LogP contribution is 2.15. The molecule has 1 unspecified atom stereocenters. The minimum atomic E-state index is -1.36. The molecule has 0 bridgehead atoms. The zero-order valence-corrected chi connectivity index (χ0v) is 12.1. The van der Waals surface area contributed by atoms with Crippen LogP contribution in [0.3, 0.4) is 0 Å². The van der Waals surface area contributed by atoms with Crippen molar-refractivity contribution in [1.82, 2.24) is 0 Å². The molecule has 0 N–H and O–H groups in total. The Morgan fingerprint density at radius 3 is 2.35 bits per heavy atom. The van der Waals surface area contributed by atoms with Crippen LogP contribution in [0, 0.1) is 0 Å². The summed E-state index contributed by atoms with van der Waals surface area (Å²) in [4.78, 5) is 23.0. The predicted molar refractivity (Wildman–Crippen MR) is 74.4 cm³/mol. The van der Waals surface area contributed by atoms with Gasteiger partial charge in [-0.1, -0.05) is 44.9 Å². The molecule has 0 heterocycles. The molecule has 0 saturated carbocycles. The van der Waals surface area contributed by atoms with E-state index >= 15 is 0 Å². The standard InChI is InChI=1S/C16H22O4/c1-3-5-6-9-12(4-2)20-16(19)14-11-8-7-10-13(14)15(17)18/h7-8,10-12H,3-6,9H2,1-2H3,(H,17,18)/p-1. The van der Waals surface area contributed by atoms with E-state index in [1.54, 1.807) is 12.1 Å². The number of ether oxygens (including phenoxy) is 1. The monoisotopic (exact) mass is 277 g/mol. The molecule has 0 aliphatic heterocycles. The van der Waals surface area contributed by atoms with Crippen molar-refractivity contribution in [2.75, 3.05) is 0 Å². The van der Waals surface area contributed by atoms with Crippen molar-refractivity contribution in [1.29, 1.82) is 0 Å². The normalized spacial score (nSPS) is 11.9. The SMILES string of the molecule is CCCCCC(CC)OC(=O)c1ccccc1C(=O)[O-]. The number of esters is 1. The molecule has 0 saturated heterocycles. The number of hydrogen-bond acceptors (Lipinski definition) is 4. The summed E-state index contributed by atoms with van der Waals surface area (Å²) in [6.45, 7) is 4.07. The second-order valence-corrected chi connectivity index (χ2v) is 4.76. The molecular formula is C16H21O4-. The molecule has 0 amide bonds. The number of carboxylic acid groups (broad SMARTS) is 1. The number of hydrogen-bond donors (Lipinski definition) is 0. The Hall–Kier alpha value is -1.84. The summed E-state index contributed by atoms with van der Waals surface area (Å²) in [5.74, 6) is -1.95. The Balaban J connectivity index is 2.72. The van der Waals surface area contributed by atoms with Crippen LogP contribution in [0.15, 0.2) is 24.3 Å². The zero-order chi connectivity index (χ0) is 15.0. The van der Waals surface area contributed by atoms with E-state index in [-0.39, 0.29) is 17.2 Å². The molecule has 0 aliphatic rings. The third-order valence-corrected chi connectivity index (χ3v) is 3.23. The van der Waals surface area contributed by atoms with Gasteiger partial charge in [-0.2, -0.15) is 0 Å². The number of benzene rings is 1. The van der Waals surface area contributed by atoms with Crippen LogP contribution >= 0.6 is 0 Å². The lowest BCUT2D eigenvalue weighted by Gasteiger charge is -2.17. The average Bonchev–Trinajstić information content (AvgIpc) is 2.46. The average molecular weight is 277 g/mol. The number of unbranched alkanes of at least 4 members (excludes halogenated alkanes) is 2. The zero-order valence-electron chi connectivity index (χ0n) is 12.1. The number of rotatable bonds is 8. The fourth-order valence-electron chi connectivity index (χ4n) is 2.02. The molecule has 0 aromatic heterocycles. The van der Waals surface area contributed by atoms with Crippen molar-refractivity contribution in [2.45, 2.75) is 52.1 Å². The Labute approximate surface area is 119 Å². The molecule has 0 fully saturated rings. The molecule has 4 nitrogen and oxygen atoms in total. The second kappa shape index (κ2) is 8.35. The Bertz CT molecular complexity index is 454. The van der Waals surface area contributed by atoms with E-state index in [9.17, 15) is 14.7 Å². The van der Waals surface area contributed by atoms with E-state index in [0.29, 0.717) is 0 Å². The van der Waals surface area contributed by atoms with Crippen LogP contribution in [0.2, 0.25) is 0 Å².